The quantitative estimate of drug-likeness (QED) is 0.738. The van der Waals surface area contributed by atoms with Crippen LogP contribution in [0.5, 0.6) is 0 Å². The fourth-order valence-corrected chi connectivity index (χ4v) is 4.74. The van der Waals surface area contributed by atoms with Gasteiger partial charge >= 0.3 is 0 Å². The molecule has 1 amide bonds. The zero-order valence-corrected chi connectivity index (χ0v) is 13.5. The zero-order valence-electron chi connectivity index (χ0n) is 12.8. The van der Waals surface area contributed by atoms with Gasteiger partial charge in [-0.25, -0.2) is 4.39 Å². The molecule has 0 N–H and O–H groups in total. The largest absolute Gasteiger partial charge is 0.336 e. The standard InChI is InChI=1S/C18H18ClFN2O/c1-2-11-4-6-14(17(20)16(11)19)18(23)21-7-8-22-13-5-3-12(9-13)15(22)10-21/h1,4,6,12-13,15H,3,5,7-10H2/t12-,13+,15-/m1/s1. The highest BCUT2D eigenvalue weighted by Gasteiger charge is 2.48. The van der Waals surface area contributed by atoms with Crippen LogP contribution in [0.1, 0.15) is 35.2 Å². The Morgan fingerprint density at radius 3 is 2.96 bits per heavy atom. The van der Waals surface area contributed by atoms with Crippen molar-refractivity contribution in [2.75, 3.05) is 19.6 Å². The SMILES string of the molecule is C#Cc1ccc(C(=O)N2CCN3[C@H]4CC[C@H](C4)[C@H]3C2)c(F)c1Cl. The smallest absolute Gasteiger partial charge is 0.256 e. The number of halogens is 2. The van der Waals surface area contributed by atoms with Crippen molar-refractivity contribution in [3.05, 3.63) is 34.1 Å². The first kappa shape index (κ1) is 15.0. The lowest BCUT2D eigenvalue weighted by Gasteiger charge is -2.43. The summed E-state index contributed by atoms with van der Waals surface area (Å²) in [6.45, 7) is 2.22. The van der Waals surface area contributed by atoms with Gasteiger partial charge in [0.15, 0.2) is 5.82 Å². The first-order valence-corrected chi connectivity index (χ1v) is 8.47. The summed E-state index contributed by atoms with van der Waals surface area (Å²) >= 11 is 5.93. The van der Waals surface area contributed by atoms with Gasteiger partial charge in [0.25, 0.3) is 5.91 Å². The van der Waals surface area contributed by atoms with Gasteiger partial charge in [-0.1, -0.05) is 17.5 Å². The summed E-state index contributed by atoms with van der Waals surface area (Å²) < 4.78 is 14.4. The molecule has 3 atom stereocenters. The van der Waals surface area contributed by atoms with Gasteiger partial charge < -0.3 is 4.90 Å². The number of amides is 1. The molecule has 1 aromatic rings. The molecule has 2 aliphatic heterocycles. The van der Waals surface area contributed by atoms with E-state index in [-0.39, 0.29) is 22.1 Å². The van der Waals surface area contributed by atoms with Gasteiger partial charge in [-0.3, -0.25) is 9.69 Å². The number of piperazine rings is 1. The maximum atomic E-state index is 14.4. The molecule has 120 valence electrons. The summed E-state index contributed by atoms with van der Waals surface area (Å²) in [6, 6.07) is 4.12. The highest BCUT2D eigenvalue weighted by Crippen LogP contribution is 2.43. The molecule has 0 radical (unpaired) electrons. The van der Waals surface area contributed by atoms with E-state index in [0.717, 1.165) is 6.54 Å². The van der Waals surface area contributed by atoms with E-state index in [2.05, 4.69) is 10.8 Å². The summed E-state index contributed by atoms with van der Waals surface area (Å²) in [5.74, 6) is 2.03. The summed E-state index contributed by atoms with van der Waals surface area (Å²) in [4.78, 5) is 17.0. The first-order chi connectivity index (χ1) is 11.1. The predicted octanol–water partition coefficient (Wildman–Crippen LogP) is 2.77. The molecule has 0 spiro atoms. The van der Waals surface area contributed by atoms with Crippen LogP contribution >= 0.6 is 11.6 Å². The third kappa shape index (κ3) is 2.26. The minimum absolute atomic E-state index is 0.0191. The topological polar surface area (TPSA) is 23.6 Å². The second kappa shape index (κ2) is 5.51. The number of fused-ring (bicyclic) bond motifs is 5. The normalized spacial score (nSPS) is 29.4. The summed E-state index contributed by atoms with van der Waals surface area (Å²) in [5, 5.41) is -0.142. The number of piperidine rings is 1. The van der Waals surface area contributed by atoms with Crippen molar-refractivity contribution in [3.8, 4) is 12.3 Å². The molecule has 2 saturated heterocycles. The Bertz CT molecular complexity index is 714. The minimum atomic E-state index is -0.706. The van der Waals surface area contributed by atoms with E-state index in [4.69, 9.17) is 18.0 Å². The first-order valence-electron chi connectivity index (χ1n) is 8.09. The van der Waals surface area contributed by atoms with Crippen molar-refractivity contribution >= 4 is 17.5 Å². The number of nitrogens with zero attached hydrogens (tertiary/aromatic N) is 2. The van der Waals surface area contributed by atoms with Gasteiger partial charge in [0.1, 0.15) is 0 Å². The summed E-state index contributed by atoms with van der Waals surface area (Å²) in [7, 11) is 0. The van der Waals surface area contributed by atoms with Gasteiger partial charge in [-0.15, -0.1) is 6.42 Å². The molecule has 2 bridgehead atoms. The Hall–Kier alpha value is -1.57. The summed E-state index contributed by atoms with van der Waals surface area (Å²) in [6.07, 6.45) is 9.07. The van der Waals surface area contributed by atoms with Crippen LogP contribution in [0.2, 0.25) is 5.02 Å². The minimum Gasteiger partial charge on any atom is -0.336 e. The third-order valence-electron chi connectivity index (χ3n) is 5.68. The molecule has 0 unspecified atom stereocenters. The Kier molecular flexibility index (Phi) is 3.59. The molecule has 23 heavy (non-hydrogen) atoms. The zero-order chi connectivity index (χ0) is 16.1. The molecule has 1 saturated carbocycles. The van der Waals surface area contributed by atoms with Crippen molar-refractivity contribution in [1.29, 1.82) is 0 Å². The maximum absolute atomic E-state index is 14.4. The number of hydrogen-bond donors (Lipinski definition) is 0. The average Bonchev–Trinajstić information content (AvgIpc) is 3.18. The molecule has 3 nitrogen and oxygen atoms in total. The lowest BCUT2D eigenvalue weighted by atomic mass is 9.96. The molecular formula is C18H18ClFN2O. The fourth-order valence-electron chi connectivity index (χ4n) is 4.52. The van der Waals surface area contributed by atoms with Crippen molar-refractivity contribution in [2.45, 2.75) is 31.3 Å². The van der Waals surface area contributed by atoms with Crippen LogP contribution in [-0.2, 0) is 0 Å². The molecule has 4 rings (SSSR count). The second-order valence-corrected chi connectivity index (χ2v) is 7.09. The second-order valence-electron chi connectivity index (χ2n) is 6.72. The number of hydrogen-bond acceptors (Lipinski definition) is 2. The Morgan fingerprint density at radius 2 is 2.17 bits per heavy atom. The van der Waals surface area contributed by atoms with E-state index in [9.17, 15) is 9.18 Å². The molecule has 3 fully saturated rings. The van der Waals surface area contributed by atoms with Crippen LogP contribution < -0.4 is 0 Å². The lowest BCUT2D eigenvalue weighted by molar-refractivity contribution is 0.0340. The maximum Gasteiger partial charge on any atom is 0.256 e. The van der Waals surface area contributed by atoms with Crippen molar-refractivity contribution in [1.82, 2.24) is 9.80 Å². The number of terminal acetylenes is 1. The number of carbonyl (C=O) groups excluding carboxylic acids is 1. The van der Waals surface area contributed by atoms with Gasteiger partial charge in [0, 0.05) is 37.3 Å². The molecule has 0 aromatic heterocycles. The third-order valence-corrected chi connectivity index (χ3v) is 6.05. The van der Waals surface area contributed by atoms with Crippen LogP contribution in [0, 0.1) is 24.1 Å². The van der Waals surface area contributed by atoms with Crippen LogP contribution in [0.3, 0.4) is 0 Å². The Labute approximate surface area is 140 Å². The number of carbonyl (C=O) groups is 1. The van der Waals surface area contributed by atoms with Crippen LogP contribution in [0.15, 0.2) is 12.1 Å². The van der Waals surface area contributed by atoms with E-state index in [1.54, 1.807) is 4.90 Å². The van der Waals surface area contributed by atoms with E-state index < -0.39 is 5.82 Å². The summed E-state index contributed by atoms with van der Waals surface area (Å²) in [5.41, 5.74) is 0.296. The van der Waals surface area contributed by atoms with Crippen molar-refractivity contribution < 1.29 is 9.18 Å². The molecule has 2 heterocycles. The van der Waals surface area contributed by atoms with Gasteiger partial charge in [-0.2, -0.15) is 0 Å². The number of benzene rings is 1. The average molecular weight is 333 g/mol. The number of rotatable bonds is 1. The highest BCUT2D eigenvalue weighted by atomic mass is 35.5. The van der Waals surface area contributed by atoms with Crippen molar-refractivity contribution in [3.63, 3.8) is 0 Å². The van der Waals surface area contributed by atoms with Crippen LogP contribution in [-0.4, -0.2) is 47.4 Å². The van der Waals surface area contributed by atoms with Crippen LogP contribution in [0.4, 0.5) is 4.39 Å². The molecule has 1 aromatic carbocycles. The van der Waals surface area contributed by atoms with Crippen molar-refractivity contribution in [2.24, 2.45) is 5.92 Å². The van der Waals surface area contributed by atoms with Gasteiger partial charge in [0.05, 0.1) is 10.6 Å². The molecule has 5 heteroatoms. The van der Waals surface area contributed by atoms with Gasteiger partial charge in [-0.05, 0) is 37.3 Å². The monoisotopic (exact) mass is 332 g/mol. The van der Waals surface area contributed by atoms with Crippen LogP contribution in [0.25, 0.3) is 0 Å². The molecule has 3 aliphatic rings. The van der Waals surface area contributed by atoms with E-state index in [1.807, 2.05) is 0 Å². The highest BCUT2D eigenvalue weighted by molar-refractivity contribution is 6.32. The fraction of sp³-hybridized carbons (Fsp3) is 0.500. The Balaban J connectivity index is 1.56. The predicted molar refractivity (Wildman–Crippen MR) is 86.9 cm³/mol. The molecular weight excluding hydrogens is 315 g/mol. The molecule has 1 aliphatic carbocycles. The van der Waals surface area contributed by atoms with Gasteiger partial charge in [0.2, 0.25) is 0 Å². The van der Waals surface area contributed by atoms with E-state index in [0.29, 0.717) is 31.1 Å². The van der Waals surface area contributed by atoms with E-state index >= 15 is 0 Å². The lowest BCUT2D eigenvalue weighted by Crippen LogP contribution is -2.56. The Morgan fingerprint density at radius 1 is 1.35 bits per heavy atom. The van der Waals surface area contributed by atoms with E-state index in [1.165, 1.54) is 31.4 Å².